The van der Waals surface area contributed by atoms with E-state index in [1.54, 1.807) is 24.3 Å². The van der Waals surface area contributed by atoms with E-state index in [2.05, 4.69) is 15.4 Å². The maximum Gasteiger partial charge on any atom is 0.307 e. The van der Waals surface area contributed by atoms with Gasteiger partial charge in [-0.1, -0.05) is 23.7 Å². The van der Waals surface area contributed by atoms with Crippen LogP contribution < -0.4 is 10.6 Å². The van der Waals surface area contributed by atoms with E-state index in [1.807, 2.05) is 0 Å². The van der Waals surface area contributed by atoms with Gasteiger partial charge >= 0.3 is 5.97 Å². The number of benzene rings is 1. The summed E-state index contributed by atoms with van der Waals surface area (Å²) in [4.78, 5) is 35.5. The Bertz CT molecular complexity index is 728. The first-order chi connectivity index (χ1) is 12.0. The molecule has 0 saturated carbocycles. The van der Waals surface area contributed by atoms with Gasteiger partial charge in [-0.2, -0.15) is 0 Å². The second kappa shape index (κ2) is 8.89. The van der Waals surface area contributed by atoms with Crippen LogP contribution in [0.1, 0.15) is 28.4 Å². The van der Waals surface area contributed by atoms with Gasteiger partial charge in [-0.05, 0) is 23.8 Å². The highest BCUT2D eigenvalue weighted by Crippen LogP contribution is 2.20. The number of carbonyl (C=O) groups excluding carboxylic acids is 3. The number of hydrogen-bond acceptors (Lipinski definition) is 5. The van der Waals surface area contributed by atoms with Crippen LogP contribution in [0.25, 0.3) is 0 Å². The molecule has 1 atom stereocenters. The number of carbonyl (C=O) groups is 3. The van der Waals surface area contributed by atoms with Crippen molar-refractivity contribution >= 4 is 29.4 Å². The van der Waals surface area contributed by atoms with Gasteiger partial charge < -0.3 is 19.8 Å². The topological polar surface area (TPSA) is 97.6 Å². The molecule has 2 N–H and O–H groups in total. The maximum atomic E-state index is 12.1. The molecular weight excluding hydrogens is 348 g/mol. The summed E-state index contributed by atoms with van der Waals surface area (Å²) in [6, 6.07) is 7.63. The van der Waals surface area contributed by atoms with Crippen molar-refractivity contribution in [2.45, 2.75) is 12.5 Å². The Labute approximate surface area is 149 Å². The van der Waals surface area contributed by atoms with Crippen molar-refractivity contribution < 1.29 is 23.5 Å². The zero-order chi connectivity index (χ0) is 18.2. The SMILES string of the molecule is COC(=O)CC(NC(=O)CNC(=O)c1ccoc1)c1ccc(Cl)cc1. The predicted octanol–water partition coefficient (Wildman–Crippen LogP) is 2.08. The lowest BCUT2D eigenvalue weighted by atomic mass is 10.0. The molecule has 25 heavy (non-hydrogen) atoms. The summed E-state index contributed by atoms with van der Waals surface area (Å²) < 4.78 is 9.47. The van der Waals surface area contributed by atoms with Gasteiger partial charge in [0.2, 0.25) is 5.91 Å². The van der Waals surface area contributed by atoms with Gasteiger partial charge in [0.15, 0.2) is 0 Å². The molecule has 7 nitrogen and oxygen atoms in total. The molecule has 2 aromatic rings. The third-order valence-electron chi connectivity index (χ3n) is 3.40. The molecule has 0 aliphatic heterocycles. The molecule has 2 rings (SSSR count). The number of hydrogen-bond donors (Lipinski definition) is 2. The normalized spacial score (nSPS) is 11.4. The summed E-state index contributed by atoms with van der Waals surface area (Å²) in [6.07, 6.45) is 2.60. The highest BCUT2D eigenvalue weighted by molar-refractivity contribution is 6.30. The molecule has 0 radical (unpaired) electrons. The summed E-state index contributed by atoms with van der Waals surface area (Å²) in [5, 5.41) is 5.71. The van der Waals surface area contributed by atoms with Crippen LogP contribution in [-0.4, -0.2) is 31.4 Å². The molecule has 1 aromatic carbocycles. The van der Waals surface area contributed by atoms with Gasteiger partial charge in [-0.15, -0.1) is 0 Å². The number of halogens is 1. The van der Waals surface area contributed by atoms with Crippen LogP contribution in [0, 0.1) is 0 Å². The number of esters is 1. The van der Waals surface area contributed by atoms with Crippen molar-refractivity contribution in [1.29, 1.82) is 0 Å². The fourth-order valence-electron chi connectivity index (χ4n) is 2.10. The maximum absolute atomic E-state index is 12.1. The minimum absolute atomic E-state index is 0.0421. The fraction of sp³-hybridized carbons (Fsp3) is 0.235. The third kappa shape index (κ3) is 5.65. The predicted molar refractivity (Wildman–Crippen MR) is 90.0 cm³/mol. The number of methoxy groups -OCH3 is 1. The molecule has 0 saturated heterocycles. The average Bonchev–Trinajstić information content (AvgIpc) is 3.14. The van der Waals surface area contributed by atoms with E-state index >= 15 is 0 Å². The van der Waals surface area contributed by atoms with E-state index in [1.165, 1.54) is 25.7 Å². The largest absolute Gasteiger partial charge is 0.472 e. The van der Waals surface area contributed by atoms with Gasteiger partial charge in [0.1, 0.15) is 6.26 Å². The Morgan fingerprint density at radius 1 is 1.20 bits per heavy atom. The number of ether oxygens (including phenoxy) is 1. The van der Waals surface area contributed by atoms with Crippen LogP contribution in [0.15, 0.2) is 47.3 Å². The lowest BCUT2D eigenvalue weighted by Crippen LogP contribution is -2.39. The van der Waals surface area contributed by atoms with Crippen LogP contribution in [0.5, 0.6) is 0 Å². The Kier molecular flexibility index (Phi) is 6.59. The summed E-state index contributed by atoms with van der Waals surface area (Å²) in [5.41, 5.74) is 1.01. The molecule has 0 fully saturated rings. The molecule has 0 aliphatic rings. The quantitative estimate of drug-likeness (QED) is 0.733. The monoisotopic (exact) mass is 364 g/mol. The first-order valence-electron chi connectivity index (χ1n) is 7.41. The Morgan fingerprint density at radius 2 is 1.92 bits per heavy atom. The molecule has 1 heterocycles. The van der Waals surface area contributed by atoms with Gasteiger partial charge in [-0.25, -0.2) is 0 Å². The van der Waals surface area contributed by atoms with E-state index in [0.29, 0.717) is 16.1 Å². The van der Waals surface area contributed by atoms with Crippen LogP contribution in [-0.2, 0) is 14.3 Å². The first-order valence-corrected chi connectivity index (χ1v) is 7.79. The smallest absolute Gasteiger partial charge is 0.307 e. The number of rotatable bonds is 7. The van der Waals surface area contributed by atoms with E-state index in [9.17, 15) is 14.4 Å². The van der Waals surface area contributed by atoms with Crippen molar-refractivity contribution in [2.75, 3.05) is 13.7 Å². The summed E-state index contributed by atoms with van der Waals surface area (Å²) in [6.45, 7) is -0.241. The second-order valence-corrected chi connectivity index (χ2v) is 5.58. The molecule has 132 valence electrons. The zero-order valence-electron chi connectivity index (χ0n) is 13.5. The number of nitrogens with one attached hydrogen (secondary N) is 2. The minimum atomic E-state index is -0.594. The van der Waals surface area contributed by atoms with Crippen molar-refractivity contribution in [2.24, 2.45) is 0 Å². The molecule has 1 unspecified atom stereocenters. The van der Waals surface area contributed by atoms with Crippen LogP contribution in [0.4, 0.5) is 0 Å². The Hall–Kier alpha value is -2.80. The van der Waals surface area contributed by atoms with Crippen molar-refractivity contribution in [3.05, 3.63) is 59.0 Å². The van der Waals surface area contributed by atoms with Crippen LogP contribution in [0.2, 0.25) is 5.02 Å². The van der Waals surface area contributed by atoms with E-state index < -0.39 is 23.8 Å². The van der Waals surface area contributed by atoms with Gasteiger partial charge in [0.05, 0.1) is 37.9 Å². The van der Waals surface area contributed by atoms with Gasteiger partial charge in [0, 0.05) is 5.02 Å². The lowest BCUT2D eigenvalue weighted by Gasteiger charge is -2.18. The van der Waals surface area contributed by atoms with Crippen LogP contribution >= 0.6 is 11.6 Å². The highest BCUT2D eigenvalue weighted by atomic mass is 35.5. The average molecular weight is 365 g/mol. The first kappa shape index (κ1) is 18.5. The van der Waals surface area contributed by atoms with Crippen LogP contribution in [0.3, 0.4) is 0 Å². The molecule has 8 heteroatoms. The van der Waals surface area contributed by atoms with E-state index in [0.717, 1.165) is 0 Å². The molecule has 1 aromatic heterocycles. The van der Waals surface area contributed by atoms with Crippen molar-refractivity contribution in [1.82, 2.24) is 10.6 Å². The Balaban J connectivity index is 1.97. The number of amides is 2. The standard InChI is InChI=1S/C17H17ClN2O5/c1-24-16(22)8-14(11-2-4-13(18)5-3-11)20-15(21)9-19-17(23)12-6-7-25-10-12/h2-7,10,14H,8-9H2,1H3,(H,19,23)(H,20,21). The van der Waals surface area contributed by atoms with Crippen molar-refractivity contribution in [3.63, 3.8) is 0 Å². The van der Waals surface area contributed by atoms with Crippen molar-refractivity contribution in [3.8, 4) is 0 Å². The zero-order valence-corrected chi connectivity index (χ0v) is 14.2. The lowest BCUT2D eigenvalue weighted by molar-refractivity contribution is -0.141. The van der Waals surface area contributed by atoms with Gasteiger partial charge in [-0.3, -0.25) is 14.4 Å². The van der Waals surface area contributed by atoms with E-state index in [4.69, 9.17) is 16.0 Å². The summed E-state index contributed by atoms with van der Waals surface area (Å²) >= 11 is 5.85. The molecule has 0 spiro atoms. The third-order valence-corrected chi connectivity index (χ3v) is 3.65. The van der Waals surface area contributed by atoms with E-state index in [-0.39, 0.29) is 13.0 Å². The molecule has 0 aliphatic carbocycles. The minimum Gasteiger partial charge on any atom is -0.472 e. The second-order valence-electron chi connectivity index (χ2n) is 5.15. The Morgan fingerprint density at radius 3 is 2.52 bits per heavy atom. The fourth-order valence-corrected chi connectivity index (χ4v) is 2.22. The highest BCUT2D eigenvalue weighted by Gasteiger charge is 2.19. The number of furan rings is 1. The summed E-state index contributed by atoms with van der Waals surface area (Å²) in [5.74, 6) is -1.34. The molecule has 2 amide bonds. The molecule has 0 bridgehead atoms. The molecular formula is C17H17ClN2O5. The summed E-state index contributed by atoms with van der Waals surface area (Å²) in [7, 11) is 1.27. The van der Waals surface area contributed by atoms with Gasteiger partial charge in [0.25, 0.3) is 5.91 Å².